The summed E-state index contributed by atoms with van der Waals surface area (Å²) in [6.07, 6.45) is 11.0. The molecule has 1 amide bonds. The Balaban J connectivity index is 3.26. The highest BCUT2D eigenvalue weighted by Crippen LogP contribution is 1.96. The molecule has 0 rings (SSSR count). The molecule has 0 atom stereocenters. The number of carbonyl (C=O) groups excluding carboxylic acids is 1. The molecule has 0 bridgehead atoms. The van der Waals surface area contributed by atoms with Gasteiger partial charge in [-0.25, -0.2) is 0 Å². The van der Waals surface area contributed by atoms with Crippen LogP contribution in [0.5, 0.6) is 0 Å². The van der Waals surface area contributed by atoms with E-state index in [0.29, 0.717) is 0 Å². The van der Waals surface area contributed by atoms with Gasteiger partial charge in [-0.1, -0.05) is 18.2 Å². The van der Waals surface area contributed by atoms with E-state index in [1.54, 1.807) is 6.20 Å². The number of hydrogen-bond donors (Lipinski definition) is 2. The van der Waals surface area contributed by atoms with E-state index in [4.69, 9.17) is 5.73 Å². The van der Waals surface area contributed by atoms with Gasteiger partial charge < -0.3 is 11.1 Å². The highest BCUT2D eigenvalue weighted by Gasteiger charge is 1.89. The third kappa shape index (κ3) is 8.82. The van der Waals surface area contributed by atoms with Crippen LogP contribution in [0.15, 0.2) is 24.4 Å². The molecule has 0 aromatic heterocycles. The topological polar surface area (TPSA) is 55.1 Å². The fourth-order valence-corrected chi connectivity index (χ4v) is 0.814. The lowest BCUT2D eigenvalue weighted by Crippen LogP contribution is -2.25. The first-order valence-corrected chi connectivity index (χ1v) is 4.57. The molecule has 0 aromatic rings. The molecule has 0 aliphatic rings. The Bertz CT molecular complexity index is 185. The van der Waals surface area contributed by atoms with Gasteiger partial charge in [0.15, 0.2) is 0 Å². The summed E-state index contributed by atoms with van der Waals surface area (Å²) in [4.78, 5) is 10.6. The number of nitrogens with two attached hydrogens (primary N) is 1. The number of nitrogens with one attached hydrogen (secondary N) is 1. The van der Waals surface area contributed by atoms with E-state index in [1.165, 1.54) is 0 Å². The number of rotatable bonds is 6. The van der Waals surface area contributed by atoms with Crippen molar-refractivity contribution in [3.05, 3.63) is 24.4 Å². The van der Waals surface area contributed by atoms with Crippen LogP contribution in [0, 0.1) is 0 Å². The lowest BCUT2D eigenvalue weighted by atomic mass is 10.2. The van der Waals surface area contributed by atoms with Crippen molar-refractivity contribution in [3.63, 3.8) is 0 Å². The van der Waals surface area contributed by atoms with Gasteiger partial charge in [0, 0.05) is 0 Å². The fourth-order valence-electron chi connectivity index (χ4n) is 0.814. The van der Waals surface area contributed by atoms with Crippen LogP contribution >= 0.6 is 0 Å². The van der Waals surface area contributed by atoms with E-state index in [-0.39, 0.29) is 12.5 Å². The average molecular weight is 182 g/mol. The summed E-state index contributed by atoms with van der Waals surface area (Å²) in [6, 6.07) is 0. The van der Waals surface area contributed by atoms with Crippen molar-refractivity contribution in [1.29, 1.82) is 0 Å². The zero-order valence-electron chi connectivity index (χ0n) is 8.12. The third-order valence-corrected chi connectivity index (χ3v) is 1.52. The molecule has 0 aliphatic heterocycles. The van der Waals surface area contributed by atoms with Gasteiger partial charge in [0.2, 0.25) is 5.91 Å². The molecule has 0 aromatic carbocycles. The SMILES string of the molecule is C/C=C\CCC/C=C\NC(=O)CN. The fraction of sp³-hybridized carbons (Fsp3) is 0.500. The molecule has 74 valence electrons. The van der Waals surface area contributed by atoms with E-state index in [0.717, 1.165) is 19.3 Å². The normalized spacial score (nSPS) is 11.2. The number of hydrogen-bond acceptors (Lipinski definition) is 2. The van der Waals surface area contributed by atoms with Gasteiger partial charge in [-0.05, 0) is 32.4 Å². The maximum atomic E-state index is 10.6. The standard InChI is InChI=1S/C10H18N2O/c1-2-3-4-5-6-7-8-12-10(13)9-11/h2-3,7-8H,4-6,9,11H2,1H3,(H,12,13)/b3-2-,8-7-. The van der Waals surface area contributed by atoms with Gasteiger partial charge in [0.25, 0.3) is 0 Å². The summed E-state index contributed by atoms with van der Waals surface area (Å²) < 4.78 is 0. The molecule has 13 heavy (non-hydrogen) atoms. The van der Waals surface area contributed by atoms with Crippen LogP contribution in [-0.2, 0) is 4.79 Å². The minimum absolute atomic E-state index is 0.0446. The molecule has 3 heteroatoms. The average Bonchev–Trinajstić information content (AvgIpc) is 2.16. The monoisotopic (exact) mass is 182 g/mol. The minimum atomic E-state index is -0.148. The van der Waals surface area contributed by atoms with Crippen molar-refractivity contribution in [2.45, 2.75) is 26.2 Å². The summed E-state index contributed by atoms with van der Waals surface area (Å²) in [6.45, 7) is 2.06. The summed E-state index contributed by atoms with van der Waals surface area (Å²) in [5.41, 5.74) is 5.10. The minimum Gasteiger partial charge on any atom is -0.332 e. The highest BCUT2D eigenvalue weighted by molar-refractivity contribution is 5.78. The van der Waals surface area contributed by atoms with E-state index < -0.39 is 0 Å². The molecule has 0 saturated carbocycles. The smallest absolute Gasteiger partial charge is 0.237 e. The molecule has 0 spiro atoms. The van der Waals surface area contributed by atoms with Crippen LogP contribution in [0.2, 0.25) is 0 Å². The van der Waals surface area contributed by atoms with Gasteiger partial charge in [0.1, 0.15) is 0 Å². The second-order valence-corrected chi connectivity index (χ2v) is 2.67. The molecule has 3 nitrogen and oxygen atoms in total. The van der Waals surface area contributed by atoms with Crippen LogP contribution in [0.3, 0.4) is 0 Å². The van der Waals surface area contributed by atoms with Gasteiger partial charge in [-0.3, -0.25) is 4.79 Å². The summed E-state index contributed by atoms with van der Waals surface area (Å²) in [5.74, 6) is -0.148. The predicted molar refractivity (Wildman–Crippen MR) is 55.0 cm³/mol. The maximum absolute atomic E-state index is 10.6. The van der Waals surface area contributed by atoms with Gasteiger partial charge >= 0.3 is 0 Å². The van der Waals surface area contributed by atoms with Crippen LogP contribution in [-0.4, -0.2) is 12.5 Å². The van der Waals surface area contributed by atoms with Crippen molar-refractivity contribution in [1.82, 2.24) is 5.32 Å². The van der Waals surface area contributed by atoms with Crippen LogP contribution < -0.4 is 11.1 Å². The van der Waals surface area contributed by atoms with Crippen molar-refractivity contribution < 1.29 is 4.79 Å². The Morgan fingerprint density at radius 2 is 2.08 bits per heavy atom. The Labute approximate surface area is 79.7 Å². The second kappa shape index (κ2) is 9.00. The van der Waals surface area contributed by atoms with E-state index >= 15 is 0 Å². The van der Waals surface area contributed by atoms with Gasteiger partial charge in [0.05, 0.1) is 6.54 Å². The van der Waals surface area contributed by atoms with Crippen molar-refractivity contribution in [2.24, 2.45) is 5.73 Å². The quantitative estimate of drug-likeness (QED) is 0.481. The molecule has 0 unspecified atom stereocenters. The number of unbranched alkanes of at least 4 members (excludes halogenated alkanes) is 2. The molecule has 0 saturated heterocycles. The number of allylic oxidation sites excluding steroid dienone is 3. The van der Waals surface area contributed by atoms with Gasteiger partial charge in [-0.2, -0.15) is 0 Å². The zero-order valence-corrected chi connectivity index (χ0v) is 8.12. The lowest BCUT2D eigenvalue weighted by Gasteiger charge is -1.94. The molecule has 0 fully saturated rings. The van der Waals surface area contributed by atoms with Crippen molar-refractivity contribution in [2.75, 3.05) is 6.54 Å². The third-order valence-electron chi connectivity index (χ3n) is 1.52. The first-order valence-electron chi connectivity index (χ1n) is 4.57. The Hall–Kier alpha value is -1.09. The molecular formula is C10H18N2O. The maximum Gasteiger partial charge on any atom is 0.237 e. The zero-order chi connectivity index (χ0) is 9.94. The Morgan fingerprint density at radius 3 is 2.69 bits per heavy atom. The molecule has 0 aliphatic carbocycles. The first-order chi connectivity index (χ1) is 6.31. The van der Waals surface area contributed by atoms with Crippen LogP contribution in [0.4, 0.5) is 0 Å². The number of amides is 1. The Kier molecular flexibility index (Phi) is 8.25. The van der Waals surface area contributed by atoms with Gasteiger partial charge in [-0.15, -0.1) is 0 Å². The van der Waals surface area contributed by atoms with Crippen molar-refractivity contribution in [3.8, 4) is 0 Å². The Morgan fingerprint density at radius 1 is 1.38 bits per heavy atom. The summed E-state index contributed by atoms with van der Waals surface area (Å²) in [5, 5.41) is 2.56. The van der Waals surface area contributed by atoms with E-state index in [9.17, 15) is 4.79 Å². The molecule has 0 radical (unpaired) electrons. The first kappa shape index (κ1) is 11.9. The molecular weight excluding hydrogens is 164 g/mol. The predicted octanol–water partition coefficient (Wildman–Crippen LogP) is 1.32. The van der Waals surface area contributed by atoms with E-state index in [1.807, 2.05) is 19.1 Å². The van der Waals surface area contributed by atoms with Crippen LogP contribution in [0.1, 0.15) is 26.2 Å². The molecule has 3 N–H and O–H groups in total. The second-order valence-electron chi connectivity index (χ2n) is 2.67. The number of carbonyl (C=O) groups is 1. The van der Waals surface area contributed by atoms with Crippen molar-refractivity contribution >= 4 is 5.91 Å². The largest absolute Gasteiger partial charge is 0.332 e. The van der Waals surface area contributed by atoms with Crippen LogP contribution in [0.25, 0.3) is 0 Å². The molecule has 0 heterocycles. The highest BCUT2D eigenvalue weighted by atomic mass is 16.1. The summed E-state index contributed by atoms with van der Waals surface area (Å²) >= 11 is 0. The van der Waals surface area contributed by atoms with E-state index in [2.05, 4.69) is 11.4 Å². The summed E-state index contributed by atoms with van der Waals surface area (Å²) in [7, 11) is 0. The lowest BCUT2D eigenvalue weighted by molar-refractivity contribution is -0.118.